The molecular formula is C14H29NO2. The molecular weight excluding hydrogens is 214 g/mol. The Morgan fingerprint density at radius 1 is 1.29 bits per heavy atom. The van der Waals surface area contributed by atoms with Crippen molar-refractivity contribution in [1.82, 2.24) is 4.90 Å². The molecule has 0 spiro atoms. The molecule has 0 bridgehead atoms. The first kappa shape index (κ1) is 14.9. The predicted molar refractivity (Wildman–Crippen MR) is 71.2 cm³/mol. The summed E-state index contributed by atoms with van der Waals surface area (Å²) >= 11 is 0. The van der Waals surface area contributed by atoms with Gasteiger partial charge in [0, 0.05) is 18.6 Å². The molecule has 0 unspecified atom stereocenters. The van der Waals surface area contributed by atoms with Crippen LogP contribution in [0.3, 0.4) is 0 Å². The maximum Gasteiger partial charge on any atom is 0.0600 e. The van der Waals surface area contributed by atoms with Gasteiger partial charge in [0.25, 0.3) is 0 Å². The highest BCUT2D eigenvalue weighted by Crippen LogP contribution is 2.25. The molecule has 0 heterocycles. The Bertz CT molecular complexity index is 207. The fourth-order valence-corrected chi connectivity index (χ4v) is 2.56. The topological polar surface area (TPSA) is 32.7 Å². The van der Waals surface area contributed by atoms with Crippen molar-refractivity contribution in [3.63, 3.8) is 0 Å². The minimum atomic E-state index is -0.0657. The van der Waals surface area contributed by atoms with Gasteiger partial charge in [-0.05, 0) is 40.5 Å². The number of nitrogens with zero attached hydrogens (tertiary/aromatic N) is 1. The summed E-state index contributed by atoms with van der Waals surface area (Å²) in [6, 6.07) is 0.905. The van der Waals surface area contributed by atoms with Crippen molar-refractivity contribution < 1.29 is 9.84 Å². The van der Waals surface area contributed by atoms with Crippen molar-refractivity contribution in [2.75, 3.05) is 19.8 Å². The molecule has 102 valence electrons. The molecule has 17 heavy (non-hydrogen) atoms. The molecule has 0 amide bonds. The van der Waals surface area contributed by atoms with E-state index in [-0.39, 0.29) is 18.2 Å². The fourth-order valence-electron chi connectivity index (χ4n) is 2.56. The van der Waals surface area contributed by atoms with Crippen LogP contribution in [0.4, 0.5) is 0 Å². The van der Waals surface area contributed by atoms with Crippen LogP contribution in [0.25, 0.3) is 0 Å². The summed E-state index contributed by atoms with van der Waals surface area (Å²) in [5, 5.41) is 9.34. The number of aliphatic hydroxyl groups excluding tert-OH is 1. The zero-order valence-electron chi connectivity index (χ0n) is 11.9. The molecule has 1 atom stereocenters. The first-order chi connectivity index (χ1) is 7.94. The minimum Gasteiger partial charge on any atom is -0.395 e. The van der Waals surface area contributed by atoms with E-state index in [1.54, 1.807) is 0 Å². The van der Waals surface area contributed by atoms with Gasteiger partial charge in [0.15, 0.2) is 0 Å². The first-order valence-corrected chi connectivity index (χ1v) is 6.94. The molecule has 3 nitrogen and oxygen atoms in total. The average molecular weight is 243 g/mol. The number of ether oxygens (including phenoxy) is 1. The van der Waals surface area contributed by atoms with Gasteiger partial charge in [0.2, 0.25) is 0 Å². The summed E-state index contributed by atoms with van der Waals surface area (Å²) in [5.41, 5.74) is -0.0657. The molecule has 0 aromatic heterocycles. The van der Waals surface area contributed by atoms with E-state index in [1.807, 2.05) is 0 Å². The van der Waals surface area contributed by atoms with Crippen molar-refractivity contribution in [3.05, 3.63) is 0 Å². The minimum absolute atomic E-state index is 0.0657. The summed E-state index contributed by atoms with van der Waals surface area (Å²) in [5.74, 6) is 0. The lowest BCUT2D eigenvalue weighted by molar-refractivity contribution is -0.0265. The predicted octanol–water partition coefficient (Wildman–Crippen LogP) is 2.43. The lowest BCUT2D eigenvalue weighted by Gasteiger charge is -2.34. The fraction of sp³-hybridized carbons (Fsp3) is 1.00. The van der Waals surface area contributed by atoms with E-state index >= 15 is 0 Å². The largest absolute Gasteiger partial charge is 0.395 e. The zero-order valence-corrected chi connectivity index (χ0v) is 11.9. The summed E-state index contributed by atoms with van der Waals surface area (Å²) in [4.78, 5) is 2.43. The van der Waals surface area contributed by atoms with E-state index in [0.717, 1.165) is 13.2 Å². The van der Waals surface area contributed by atoms with Crippen LogP contribution in [-0.4, -0.2) is 47.4 Å². The number of aliphatic hydroxyl groups is 1. The molecule has 0 aliphatic heterocycles. The van der Waals surface area contributed by atoms with Crippen LogP contribution in [0, 0.1) is 0 Å². The van der Waals surface area contributed by atoms with Crippen molar-refractivity contribution in [2.45, 2.75) is 71.1 Å². The van der Waals surface area contributed by atoms with E-state index in [2.05, 4.69) is 32.6 Å². The zero-order chi connectivity index (χ0) is 12.9. The maximum atomic E-state index is 9.34. The summed E-state index contributed by atoms with van der Waals surface area (Å²) in [7, 11) is 0. The quantitative estimate of drug-likeness (QED) is 0.777. The molecule has 1 aliphatic rings. The van der Waals surface area contributed by atoms with Crippen LogP contribution in [0.15, 0.2) is 0 Å². The monoisotopic (exact) mass is 243 g/mol. The highest BCUT2D eigenvalue weighted by Gasteiger charge is 2.26. The Hall–Kier alpha value is -0.120. The van der Waals surface area contributed by atoms with Crippen LogP contribution in [0.1, 0.15) is 53.4 Å². The average Bonchev–Trinajstić information content (AvgIpc) is 2.75. The van der Waals surface area contributed by atoms with Crippen molar-refractivity contribution in [3.8, 4) is 0 Å². The Morgan fingerprint density at radius 2 is 1.88 bits per heavy atom. The number of rotatable bonds is 6. The molecule has 1 fully saturated rings. The molecule has 0 radical (unpaired) electrons. The molecule has 1 aliphatic carbocycles. The van der Waals surface area contributed by atoms with E-state index < -0.39 is 0 Å². The summed E-state index contributed by atoms with van der Waals surface area (Å²) < 4.78 is 5.79. The second-order valence-electron chi connectivity index (χ2n) is 6.17. The standard InChI is InChI=1S/C14H29NO2/c1-12(11-16)15(13-7-5-6-8-13)9-10-17-14(2,3)4/h12-13,16H,5-11H2,1-4H3/t12-/m1/s1. The smallest absolute Gasteiger partial charge is 0.0600 e. The normalized spacial score (nSPS) is 20.1. The molecule has 3 heteroatoms. The Balaban J connectivity index is 2.40. The van der Waals surface area contributed by atoms with E-state index in [4.69, 9.17) is 4.74 Å². The van der Waals surface area contributed by atoms with Gasteiger partial charge in [-0.3, -0.25) is 4.90 Å². The second-order valence-corrected chi connectivity index (χ2v) is 6.17. The van der Waals surface area contributed by atoms with Gasteiger partial charge in [-0.25, -0.2) is 0 Å². The van der Waals surface area contributed by atoms with Crippen LogP contribution in [-0.2, 0) is 4.74 Å². The van der Waals surface area contributed by atoms with Gasteiger partial charge in [-0.2, -0.15) is 0 Å². The van der Waals surface area contributed by atoms with Crippen LogP contribution >= 0.6 is 0 Å². The van der Waals surface area contributed by atoms with Gasteiger partial charge >= 0.3 is 0 Å². The molecule has 1 saturated carbocycles. The Kier molecular flexibility index (Phi) is 5.90. The van der Waals surface area contributed by atoms with Crippen LogP contribution in [0.5, 0.6) is 0 Å². The van der Waals surface area contributed by atoms with Crippen LogP contribution < -0.4 is 0 Å². The lowest BCUT2D eigenvalue weighted by atomic mass is 10.1. The first-order valence-electron chi connectivity index (χ1n) is 6.94. The van der Waals surface area contributed by atoms with Gasteiger partial charge < -0.3 is 9.84 Å². The van der Waals surface area contributed by atoms with Gasteiger partial charge in [0.05, 0.1) is 18.8 Å². The third-order valence-electron chi connectivity index (χ3n) is 3.51. The second kappa shape index (κ2) is 6.72. The van der Waals surface area contributed by atoms with Crippen LogP contribution in [0.2, 0.25) is 0 Å². The van der Waals surface area contributed by atoms with Gasteiger partial charge in [0.1, 0.15) is 0 Å². The Labute approximate surface area is 106 Å². The SMILES string of the molecule is C[C@H](CO)N(CCOC(C)(C)C)C1CCCC1. The highest BCUT2D eigenvalue weighted by molar-refractivity contribution is 4.81. The number of hydrogen-bond acceptors (Lipinski definition) is 3. The summed E-state index contributed by atoms with van der Waals surface area (Å²) in [6.45, 7) is 10.3. The van der Waals surface area contributed by atoms with E-state index in [1.165, 1.54) is 25.7 Å². The van der Waals surface area contributed by atoms with E-state index in [9.17, 15) is 5.11 Å². The van der Waals surface area contributed by atoms with Crippen molar-refractivity contribution in [2.24, 2.45) is 0 Å². The van der Waals surface area contributed by atoms with E-state index in [0.29, 0.717) is 6.04 Å². The van der Waals surface area contributed by atoms with Gasteiger partial charge in [-0.1, -0.05) is 12.8 Å². The van der Waals surface area contributed by atoms with Crippen molar-refractivity contribution in [1.29, 1.82) is 0 Å². The lowest BCUT2D eigenvalue weighted by Crippen LogP contribution is -2.44. The summed E-state index contributed by atoms with van der Waals surface area (Å²) in [6.07, 6.45) is 5.22. The number of hydrogen-bond donors (Lipinski definition) is 1. The van der Waals surface area contributed by atoms with Gasteiger partial charge in [-0.15, -0.1) is 0 Å². The van der Waals surface area contributed by atoms with Crippen molar-refractivity contribution >= 4 is 0 Å². The third-order valence-corrected chi connectivity index (χ3v) is 3.51. The molecule has 1 N–H and O–H groups in total. The molecule has 1 rings (SSSR count). The Morgan fingerprint density at radius 3 is 2.35 bits per heavy atom. The maximum absolute atomic E-state index is 9.34. The molecule has 0 aromatic rings. The molecule has 0 saturated heterocycles. The highest BCUT2D eigenvalue weighted by atomic mass is 16.5. The third kappa shape index (κ3) is 5.36. The molecule has 0 aromatic carbocycles.